The maximum absolute atomic E-state index is 12.8. The van der Waals surface area contributed by atoms with Crippen LogP contribution in [0.4, 0.5) is 5.69 Å². The van der Waals surface area contributed by atoms with Crippen LogP contribution in [0.25, 0.3) is 0 Å². The van der Waals surface area contributed by atoms with Gasteiger partial charge in [-0.3, -0.25) is 19.3 Å². The molecule has 1 aliphatic heterocycles. The van der Waals surface area contributed by atoms with E-state index in [0.29, 0.717) is 23.0 Å². The molecular formula is C20H25N3O6S. The second kappa shape index (κ2) is 11.3. The smallest absolute Gasteiger partial charge is 0.338 e. The zero-order valence-electron chi connectivity index (χ0n) is 17.2. The van der Waals surface area contributed by atoms with Crippen molar-refractivity contribution < 1.29 is 28.7 Å². The number of rotatable bonds is 9. The number of ether oxygens (including phenoxy) is 2. The summed E-state index contributed by atoms with van der Waals surface area (Å²) in [4.78, 5) is 54.1. The quantitative estimate of drug-likeness (QED) is 0.589. The molecule has 1 atom stereocenters. The number of nitrogens with zero attached hydrogens (tertiary/aromatic N) is 2. The average molecular weight is 436 g/mol. The molecular weight excluding hydrogens is 410 g/mol. The minimum Gasteiger partial charge on any atom is -0.465 e. The van der Waals surface area contributed by atoms with Gasteiger partial charge in [0.25, 0.3) is 0 Å². The van der Waals surface area contributed by atoms with Crippen molar-refractivity contribution in [1.82, 2.24) is 10.2 Å². The fourth-order valence-corrected chi connectivity index (χ4v) is 3.80. The van der Waals surface area contributed by atoms with Gasteiger partial charge in [0.05, 0.1) is 24.5 Å². The number of hydrogen-bond donors (Lipinski definition) is 1. The molecule has 2 amide bonds. The van der Waals surface area contributed by atoms with Crippen molar-refractivity contribution in [2.75, 3.05) is 26.3 Å². The van der Waals surface area contributed by atoms with Crippen LogP contribution in [-0.4, -0.2) is 65.4 Å². The number of aliphatic imine (C=N–C) groups is 1. The van der Waals surface area contributed by atoms with Crippen molar-refractivity contribution in [1.29, 1.82) is 0 Å². The van der Waals surface area contributed by atoms with Crippen molar-refractivity contribution in [3.8, 4) is 0 Å². The molecule has 1 N–H and O–H groups in total. The van der Waals surface area contributed by atoms with Crippen LogP contribution < -0.4 is 5.32 Å². The highest BCUT2D eigenvalue weighted by Crippen LogP contribution is 2.31. The van der Waals surface area contributed by atoms with Crippen molar-refractivity contribution >= 4 is 46.4 Å². The van der Waals surface area contributed by atoms with Gasteiger partial charge in [-0.05, 0) is 45.0 Å². The van der Waals surface area contributed by atoms with E-state index in [4.69, 9.17) is 9.47 Å². The first kappa shape index (κ1) is 23.4. The summed E-state index contributed by atoms with van der Waals surface area (Å²) in [5.41, 5.74) is 0.874. The lowest BCUT2D eigenvalue weighted by Crippen LogP contribution is -2.38. The maximum atomic E-state index is 12.8. The second-order valence-corrected chi connectivity index (χ2v) is 7.33. The van der Waals surface area contributed by atoms with Gasteiger partial charge in [0.2, 0.25) is 11.8 Å². The lowest BCUT2D eigenvalue weighted by Gasteiger charge is -2.15. The number of carbonyl (C=O) groups is 4. The van der Waals surface area contributed by atoms with Gasteiger partial charge in [0.15, 0.2) is 5.17 Å². The second-order valence-electron chi connectivity index (χ2n) is 6.16. The lowest BCUT2D eigenvalue weighted by atomic mass is 10.2. The molecule has 1 heterocycles. The van der Waals surface area contributed by atoms with Crippen molar-refractivity contribution in [3.05, 3.63) is 29.8 Å². The predicted molar refractivity (Wildman–Crippen MR) is 113 cm³/mol. The van der Waals surface area contributed by atoms with Crippen molar-refractivity contribution in [3.63, 3.8) is 0 Å². The number of carbonyl (C=O) groups excluding carboxylic acids is 4. The molecule has 0 spiro atoms. The van der Waals surface area contributed by atoms with E-state index in [1.54, 1.807) is 45.0 Å². The van der Waals surface area contributed by atoms with Crippen LogP contribution in [-0.2, 0) is 23.9 Å². The highest BCUT2D eigenvalue weighted by Gasteiger charge is 2.40. The maximum Gasteiger partial charge on any atom is 0.338 e. The standard InChI is InChI=1S/C20H25N3O6S/c1-4-21-16(24)11-15-18(26)23(12-17(25)28-5-2)20(30-15)22-14-9-7-13(8-10-14)19(27)29-6-3/h7-10,15H,4-6,11-12H2,1-3H3,(H,21,24)/t15-/m1/s1. The van der Waals surface area contributed by atoms with Gasteiger partial charge in [-0.25, -0.2) is 9.79 Å². The van der Waals surface area contributed by atoms with E-state index < -0.39 is 17.2 Å². The SMILES string of the molecule is CCNC(=O)C[C@H]1SC(=Nc2ccc(C(=O)OCC)cc2)N(CC(=O)OCC)C1=O. The van der Waals surface area contributed by atoms with Gasteiger partial charge in [0.1, 0.15) is 11.8 Å². The van der Waals surface area contributed by atoms with Gasteiger partial charge < -0.3 is 14.8 Å². The van der Waals surface area contributed by atoms with Crippen LogP contribution >= 0.6 is 11.8 Å². The first-order chi connectivity index (χ1) is 14.4. The van der Waals surface area contributed by atoms with E-state index in [9.17, 15) is 19.2 Å². The molecule has 1 aromatic carbocycles. The number of nitrogens with one attached hydrogen (secondary N) is 1. The third-order valence-corrected chi connectivity index (χ3v) is 5.14. The zero-order chi connectivity index (χ0) is 22.1. The summed E-state index contributed by atoms with van der Waals surface area (Å²) in [6.45, 7) is 5.84. The normalized spacial score (nSPS) is 17.2. The monoisotopic (exact) mass is 435 g/mol. The summed E-state index contributed by atoms with van der Waals surface area (Å²) in [7, 11) is 0. The van der Waals surface area contributed by atoms with Crippen LogP contribution in [0, 0.1) is 0 Å². The Balaban J connectivity index is 2.23. The van der Waals surface area contributed by atoms with E-state index in [1.807, 2.05) is 0 Å². The summed E-state index contributed by atoms with van der Waals surface area (Å²) in [6.07, 6.45) is -0.0164. The zero-order valence-corrected chi connectivity index (χ0v) is 18.0. The highest BCUT2D eigenvalue weighted by molar-refractivity contribution is 8.15. The van der Waals surface area contributed by atoms with E-state index in [0.717, 1.165) is 11.8 Å². The Morgan fingerprint density at radius 3 is 2.37 bits per heavy atom. The molecule has 1 aliphatic rings. The molecule has 10 heteroatoms. The van der Waals surface area contributed by atoms with Crippen LogP contribution in [0.3, 0.4) is 0 Å². The third-order valence-electron chi connectivity index (χ3n) is 3.96. The Morgan fingerprint density at radius 2 is 1.77 bits per heavy atom. The minimum absolute atomic E-state index is 0.0164. The molecule has 162 valence electrons. The Labute approximate surface area is 179 Å². The van der Waals surface area contributed by atoms with Crippen molar-refractivity contribution in [2.45, 2.75) is 32.4 Å². The highest BCUT2D eigenvalue weighted by atomic mass is 32.2. The van der Waals surface area contributed by atoms with Gasteiger partial charge in [-0.2, -0.15) is 0 Å². The molecule has 9 nitrogen and oxygen atoms in total. The number of thioether (sulfide) groups is 1. The molecule has 0 radical (unpaired) electrons. The van der Waals surface area contributed by atoms with Crippen LogP contribution in [0.2, 0.25) is 0 Å². The topological polar surface area (TPSA) is 114 Å². The Morgan fingerprint density at radius 1 is 1.10 bits per heavy atom. The van der Waals surface area contributed by atoms with Gasteiger partial charge >= 0.3 is 11.9 Å². The van der Waals surface area contributed by atoms with Gasteiger partial charge in [0, 0.05) is 13.0 Å². The molecule has 0 aliphatic carbocycles. The average Bonchev–Trinajstić information content (AvgIpc) is 2.98. The summed E-state index contributed by atoms with van der Waals surface area (Å²) >= 11 is 1.12. The van der Waals surface area contributed by atoms with E-state index in [-0.39, 0.29) is 38.0 Å². The number of amides is 2. The molecule has 1 saturated heterocycles. The van der Waals surface area contributed by atoms with Crippen LogP contribution in [0.5, 0.6) is 0 Å². The number of hydrogen-bond acceptors (Lipinski definition) is 8. The molecule has 1 fully saturated rings. The van der Waals surface area contributed by atoms with Gasteiger partial charge in [-0.15, -0.1) is 0 Å². The van der Waals surface area contributed by atoms with Crippen LogP contribution in [0.1, 0.15) is 37.6 Å². The minimum atomic E-state index is -0.677. The first-order valence-corrected chi connectivity index (χ1v) is 10.5. The largest absolute Gasteiger partial charge is 0.465 e. The molecule has 1 aromatic rings. The molecule has 0 aromatic heterocycles. The first-order valence-electron chi connectivity index (χ1n) is 9.65. The summed E-state index contributed by atoms with van der Waals surface area (Å²) in [5, 5.41) is 2.28. The summed E-state index contributed by atoms with van der Waals surface area (Å²) in [5.74, 6) is -1.62. The fraction of sp³-hybridized carbons (Fsp3) is 0.450. The predicted octanol–water partition coefficient (Wildman–Crippen LogP) is 1.88. The number of benzene rings is 1. The number of amidine groups is 1. The lowest BCUT2D eigenvalue weighted by molar-refractivity contribution is -0.146. The van der Waals surface area contributed by atoms with Crippen LogP contribution in [0.15, 0.2) is 29.3 Å². The summed E-state index contributed by atoms with van der Waals surface area (Å²) < 4.78 is 9.89. The molecule has 0 saturated carbocycles. The Bertz CT molecular complexity index is 824. The van der Waals surface area contributed by atoms with E-state index >= 15 is 0 Å². The Kier molecular flexibility index (Phi) is 8.85. The number of esters is 2. The molecule has 0 bridgehead atoms. The van der Waals surface area contributed by atoms with Gasteiger partial charge in [-0.1, -0.05) is 11.8 Å². The van der Waals surface area contributed by atoms with Crippen molar-refractivity contribution in [2.24, 2.45) is 4.99 Å². The molecule has 30 heavy (non-hydrogen) atoms. The third kappa shape index (κ3) is 6.31. The molecule has 2 rings (SSSR count). The van der Waals surface area contributed by atoms with E-state index in [1.165, 1.54) is 4.90 Å². The fourth-order valence-electron chi connectivity index (χ4n) is 2.64. The summed E-state index contributed by atoms with van der Waals surface area (Å²) in [6, 6.07) is 6.37. The molecule has 0 unspecified atom stereocenters. The Hall–Kier alpha value is -2.88. The van der Waals surface area contributed by atoms with E-state index in [2.05, 4.69) is 10.3 Å².